The van der Waals surface area contributed by atoms with E-state index in [1.54, 1.807) is 5.32 Å². The average molecular weight is 267 g/mol. The van der Waals surface area contributed by atoms with E-state index in [2.05, 4.69) is 4.99 Å². The number of hydrogen-bond donors (Lipinski definition) is 1. The minimum Gasteiger partial charge on any atom is -0.317 e. The van der Waals surface area contributed by atoms with E-state index >= 15 is 0 Å². The quantitative estimate of drug-likeness (QED) is 0.744. The zero-order valence-electron chi connectivity index (χ0n) is 8.67. The van der Waals surface area contributed by atoms with Crippen molar-refractivity contribution in [2.75, 3.05) is 12.3 Å². The van der Waals surface area contributed by atoms with Crippen LogP contribution in [0.3, 0.4) is 0 Å². The third-order valence-electron chi connectivity index (χ3n) is 2.36. The smallest absolute Gasteiger partial charge is 0.317 e. The van der Waals surface area contributed by atoms with Crippen LogP contribution in [0.1, 0.15) is 6.92 Å². The highest BCUT2D eigenvalue weighted by Gasteiger charge is 2.67. The SMILES string of the molecule is CC(=O)N[C@@]1(C(F)(F)F)N=C2SCCN2C1=O. The number of amidine groups is 1. The fourth-order valence-electron chi connectivity index (χ4n) is 1.66. The number of nitrogens with zero attached hydrogens (tertiary/aromatic N) is 2. The summed E-state index contributed by atoms with van der Waals surface area (Å²) in [5.41, 5.74) is -3.14. The Balaban J connectivity index is 2.46. The van der Waals surface area contributed by atoms with E-state index in [0.717, 1.165) is 23.6 Å². The minimum absolute atomic E-state index is 0.0149. The highest BCUT2D eigenvalue weighted by molar-refractivity contribution is 8.14. The molecule has 1 atom stereocenters. The molecule has 1 saturated heterocycles. The first-order valence-corrected chi connectivity index (χ1v) is 5.66. The molecule has 2 aliphatic heterocycles. The van der Waals surface area contributed by atoms with E-state index in [1.807, 2.05) is 0 Å². The largest absolute Gasteiger partial charge is 0.442 e. The van der Waals surface area contributed by atoms with Crippen LogP contribution in [0.4, 0.5) is 13.2 Å². The van der Waals surface area contributed by atoms with Gasteiger partial charge in [-0.1, -0.05) is 11.8 Å². The Labute approximate surface area is 98.4 Å². The molecule has 0 radical (unpaired) electrons. The van der Waals surface area contributed by atoms with E-state index in [0.29, 0.717) is 5.75 Å². The summed E-state index contributed by atoms with van der Waals surface area (Å²) in [6.45, 7) is 1.09. The van der Waals surface area contributed by atoms with Gasteiger partial charge in [0.1, 0.15) is 0 Å². The number of hydrogen-bond acceptors (Lipinski definition) is 4. The number of amides is 2. The lowest BCUT2D eigenvalue weighted by atomic mass is 10.1. The first-order valence-electron chi connectivity index (χ1n) is 4.68. The first kappa shape index (κ1) is 12.2. The lowest BCUT2D eigenvalue weighted by molar-refractivity contribution is -0.199. The van der Waals surface area contributed by atoms with Gasteiger partial charge in [0.05, 0.1) is 0 Å². The van der Waals surface area contributed by atoms with Gasteiger partial charge in [-0.25, -0.2) is 4.99 Å². The molecule has 0 spiro atoms. The molecule has 0 saturated carbocycles. The van der Waals surface area contributed by atoms with Crippen molar-refractivity contribution in [3.8, 4) is 0 Å². The van der Waals surface area contributed by atoms with Crippen LogP contribution in [-0.2, 0) is 9.59 Å². The molecule has 2 amide bonds. The third-order valence-corrected chi connectivity index (χ3v) is 3.32. The van der Waals surface area contributed by atoms with Gasteiger partial charge >= 0.3 is 11.8 Å². The van der Waals surface area contributed by atoms with Crippen LogP contribution in [-0.4, -0.2) is 46.0 Å². The number of carbonyl (C=O) groups is 2. The Hall–Kier alpha value is -1.25. The highest BCUT2D eigenvalue weighted by atomic mass is 32.2. The van der Waals surface area contributed by atoms with Crippen molar-refractivity contribution in [1.82, 2.24) is 10.2 Å². The number of carbonyl (C=O) groups excluding carboxylic acids is 2. The molecular weight excluding hydrogens is 259 g/mol. The Morgan fingerprint density at radius 2 is 2.24 bits per heavy atom. The molecule has 2 rings (SSSR count). The van der Waals surface area contributed by atoms with Gasteiger partial charge in [-0.15, -0.1) is 0 Å². The predicted molar refractivity (Wildman–Crippen MR) is 54.2 cm³/mol. The zero-order valence-corrected chi connectivity index (χ0v) is 9.48. The van der Waals surface area contributed by atoms with Gasteiger partial charge in [-0.3, -0.25) is 14.5 Å². The molecule has 1 fully saturated rings. The summed E-state index contributed by atoms with van der Waals surface area (Å²) in [5, 5.41) is 1.63. The fraction of sp³-hybridized carbons (Fsp3) is 0.625. The number of thioether (sulfide) groups is 1. The molecule has 94 valence electrons. The molecule has 0 unspecified atom stereocenters. The van der Waals surface area contributed by atoms with Crippen molar-refractivity contribution in [3.63, 3.8) is 0 Å². The standard InChI is InChI=1S/C8H8F3N3O2S/c1-4(15)12-7(8(9,10)11)5(16)14-2-3-17-6(14)13-7/h2-3H2,1H3,(H,12,15)/t7-/m1/s1. The molecule has 0 aromatic heterocycles. The highest BCUT2D eigenvalue weighted by Crippen LogP contribution is 2.40. The van der Waals surface area contributed by atoms with Gasteiger partial charge in [-0.05, 0) is 0 Å². The van der Waals surface area contributed by atoms with Crippen molar-refractivity contribution in [3.05, 3.63) is 0 Å². The topological polar surface area (TPSA) is 61.8 Å². The van der Waals surface area contributed by atoms with E-state index in [-0.39, 0.29) is 11.7 Å². The molecule has 0 bridgehead atoms. The molecule has 0 aromatic carbocycles. The van der Waals surface area contributed by atoms with Gasteiger partial charge < -0.3 is 5.32 Å². The summed E-state index contributed by atoms with van der Waals surface area (Å²) < 4.78 is 38.9. The number of aliphatic imine (C=N–C) groups is 1. The van der Waals surface area contributed by atoms with Crippen LogP contribution in [0.2, 0.25) is 0 Å². The average Bonchev–Trinajstić information content (AvgIpc) is 2.68. The Bertz CT molecular complexity index is 423. The molecule has 2 aliphatic rings. The van der Waals surface area contributed by atoms with Crippen LogP contribution in [0.5, 0.6) is 0 Å². The number of alkyl halides is 3. The van der Waals surface area contributed by atoms with Gasteiger partial charge in [0, 0.05) is 19.2 Å². The van der Waals surface area contributed by atoms with Crippen LogP contribution >= 0.6 is 11.8 Å². The minimum atomic E-state index is -4.95. The predicted octanol–water partition coefficient (Wildman–Crippen LogP) is 0.326. The molecule has 1 N–H and O–H groups in total. The second-order valence-corrected chi connectivity index (χ2v) is 4.65. The fourth-order valence-corrected chi connectivity index (χ4v) is 2.65. The number of fused-ring (bicyclic) bond motifs is 1. The van der Waals surface area contributed by atoms with Gasteiger partial charge in [0.15, 0.2) is 5.17 Å². The number of halogens is 3. The normalized spacial score (nSPS) is 28.1. The van der Waals surface area contributed by atoms with Crippen molar-refractivity contribution in [2.24, 2.45) is 4.99 Å². The van der Waals surface area contributed by atoms with Gasteiger partial charge in [-0.2, -0.15) is 13.2 Å². The Morgan fingerprint density at radius 1 is 1.59 bits per heavy atom. The number of rotatable bonds is 1. The van der Waals surface area contributed by atoms with Crippen LogP contribution in [0, 0.1) is 0 Å². The first-order chi connectivity index (χ1) is 7.78. The molecule has 9 heteroatoms. The maximum Gasteiger partial charge on any atom is 0.442 e. The van der Waals surface area contributed by atoms with Crippen molar-refractivity contribution in [2.45, 2.75) is 18.8 Å². The lowest BCUT2D eigenvalue weighted by Gasteiger charge is -2.28. The van der Waals surface area contributed by atoms with Crippen molar-refractivity contribution < 1.29 is 22.8 Å². The summed E-state index contributed by atoms with van der Waals surface area (Å²) in [5.74, 6) is -1.68. The maximum absolute atomic E-state index is 13.0. The maximum atomic E-state index is 13.0. The monoisotopic (exact) mass is 267 g/mol. The zero-order chi connectivity index (χ0) is 12.8. The van der Waals surface area contributed by atoms with Gasteiger partial charge in [0.2, 0.25) is 5.91 Å². The lowest BCUT2D eigenvalue weighted by Crippen LogP contribution is -2.63. The molecular formula is C8H8F3N3O2S. The molecule has 2 heterocycles. The van der Waals surface area contributed by atoms with Crippen LogP contribution < -0.4 is 5.32 Å². The summed E-state index contributed by atoms with van der Waals surface area (Å²) in [7, 11) is 0. The third kappa shape index (κ3) is 1.68. The van der Waals surface area contributed by atoms with Gasteiger partial charge in [0.25, 0.3) is 5.91 Å². The Morgan fingerprint density at radius 3 is 2.71 bits per heavy atom. The summed E-state index contributed by atoms with van der Waals surface area (Å²) >= 11 is 1.07. The Kier molecular flexibility index (Phi) is 2.60. The molecule has 0 aromatic rings. The molecule has 0 aliphatic carbocycles. The van der Waals surface area contributed by atoms with Crippen LogP contribution in [0.15, 0.2) is 4.99 Å². The summed E-state index contributed by atoms with van der Waals surface area (Å²) in [6, 6.07) is 0. The van der Waals surface area contributed by atoms with Crippen LogP contribution in [0.25, 0.3) is 0 Å². The van der Waals surface area contributed by atoms with Crippen molar-refractivity contribution in [1.29, 1.82) is 0 Å². The molecule has 5 nitrogen and oxygen atoms in total. The summed E-state index contributed by atoms with van der Waals surface area (Å²) in [4.78, 5) is 26.9. The summed E-state index contributed by atoms with van der Waals surface area (Å²) in [6.07, 6.45) is -4.95. The van der Waals surface area contributed by atoms with E-state index < -0.39 is 23.7 Å². The molecule has 17 heavy (non-hydrogen) atoms. The van der Waals surface area contributed by atoms with E-state index in [1.165, 1.54) is 0 Å². The van der Waals surface area contributed by atoms with E-state index in [4.69, 9.17) is 0 Å². The number of nitrogens with one attached hydrogen (secondary N) is 1. The van der Waals surface area contributed by atoms with E-state index in [9.17, 15) is 22.8 Å². The second-order valence-electron chi connectivity index (χ2n) is 3.59. The second kappa shape index (κ2) is 3.62. The van der Waals surface area contributed by atoms with Crippen molar-refractivity contribution >= 4 is 28.7 Å².